The zero-order valence-electron chi connectivity index (χ0n) is 11.9. The second-order valence-electron chi connectivity index (χ2n) is 4.06. The van der Waals surface area contributed by atoms with E-state index in [9.17, 15) is 0 Å². The summed E-state index contributed by atoms with van der Waals surface area (Å²) in [5.74, 6) is 1.11. The van der Waals surface area contributed by atoms with E-state index in [1.54, 1.807) is 0 Å². The number of methoxy groups -OCH3 is 1. The first-order chi connectivity index (χ1) is 9.75. The fraction of sp³-hybridized carbons (Fsp3) is 0.357. The number of nitrogens with zero attached hydrogens (tertiary/aromatic N) is 3. The molecule has 0 radical (unpaired) electrons. The van der Waals surface area contributed by atoms with Gasteiger partial charge in [-0.2, -0.15) is 9.97 Å². The lowest BCUT2D eigenvalue weighted by Gasteiger charge is -2.08. The molecule has 0 aliphatic rings. The molecule has 1 N–H and O–H groups in total. The molecule has 1 heterocycles. The average molecular weight is 274 g/mol. The fourth-order valence-corrected chi connectivity index (χ4v) is 1.61. The summed E-state index contributed by atoms with van der Waals surface area (Å²) in [6.07, 6.45) is 0.991. The molecule has 1 aromatic carbocycles. The van der Waals surface area contributed by atoms with E-state index in [4.69, 9.17) is 9.47 Å². The van der Waals surface area contributed by atoms with E-state index in [0.29, 0.717) is 18.2 Å². The van der Waals surface area contributed by atoms with Gasteiger partial charge in [-0.05, 0) is 31.0 Å². The summed E-state index contributed by atoms with van der Waals surface area (Å²) in [6.45, 7) is 4.77. The van der Waals surface area contributed by atoms with E-state index >= 15 is 0 Å². The lowest BCUT2D eigenvalue weighted by atomic mass is 10.2. The highest BCUT2D eigenvalue weighted by Crippen LogP contribution is 2.21. The van der Waals surface area contributed by atoms with Crippen molar-refractivity contribution in [2.24, 2.45) is 0 Å². The Balaban J connectivity index is 2.20. The summed E-state index contributed by atoms with van der Waals surface area (Å²) in [5.41, 5.74) is 1.25. The van der Waals surface area contributed by atoms with Gasteiger partial charge in [-0.25, -0.2) is 0 Å². The summed E-state index contributed by atoms with van der Waals surface area (Å²) in [5, 5.41) is 3.00. The number of anilines is 1. The first-order valence-electron chi connectivity index (χ1n) is 6.55. The van der Waals surface area contributed by atoms with Crippen molar-refractivity contribution in [1.29, 1.82) is 0 Å². The molecule has 2 rings (SSSR count). The monoisotopic (exact) mass is 274 g/mol. The molecular weight excluding hydrogens is 256 g/mol. The van der Waals surface area contributed by atoms with Crippen LogP contribution in [0.5, 0.6) is 17.8 Å². The Labute approximate surface area is 118 Å². The van der Waals surface area contributed by atoms with Crippen molar-refractivity contribution in [2.75, 3.05) is 19.0 Å². The van der Waals surface area contributed by atoms with Crippen LogP contribution in [0.15, 0.2) is 24.3 Å². The molecule has 20 heavy (non-hydrogen) atoms. The number of ether oxygens (including phenoxy) is 2. The third-order valence-electron chi connectivity index (χ3n) is 2.65. The van der Waals surface area contributed by atoms with Crippen molar-refractivity contribution in [2.45, 2.75) is 20.3 Å². The van der Waals surface area contributed by atoms with Gasteiger partial charge < -0.3 is 14.8 Å². The normalized spacial score (nSPS) is 10.2. The minimum absolute atomic E-state index is 0.206. The van der Waals surface area contributed by atoms with Gasteiger partial charge in [-0.3, -0.25) is 0 Å². The van der Waals surface area contributed by atoms with Gasteiger partial charge in [0.15, 0.2) is 0 Å². The van der Waals surface area contributed by atoms with Crippen molar-refractivity contribution >= 4 is 5.95 Å². The highest BCUT2D eigenvalue weighted by Gasteiger charge is 2.08. The summed E-state index contributed by atoms with van der Waals surface area (Å²) < 4.78 is 10.7. The predicted octanol–water partition coefficient (Wildman–Crippen LogP) is 2.67. The molecular formula is C14H18N4O2. The second-order valence-corrected chi connectivity index (χ2v) is 4.06. The lowest BCUT2D eigenvalue weighted by Crippen LogP contribution is -2.06. The van der Waals surface area contributed by atoms with Gasteiger partial charge >= 0.3 is 12.0 Å². The van der Waals surface area contributed by atoms with Crippen LogP contribution >= 0.6 is 0 Å². The van der Waals surface area contributed by atoms with Crippen LogP contribution in [0.2, 0.25) is 0 Å². The summed E-state index contributed by atoms with van der Waals surface area (Å²) >= 11 is 0. The van der Waals surface area contributed by atoms with E-state index in [0.717, 1.165) is 6.42 Å². The fourth-order valence-electron chi connectivity index (χ4n) is 1.61. The molecule has 106 valence electrons. The van der Waals surface area contributed by atoms with Crippen LogP contribution in [-0.4, -0.2) is 28.6 Å². The zero-order chi connectivity index (χ0) is 14.4. The smallest absolute Gasteiger partial charge is 0.330 e. The highest BCUT2D eigenvalue weighted by atomic mass is 16.5. The molecule has 6 nitrogen and oxygen atoms in total. The van der Waals surface area contributed by atoms with E-state index in [2.05, 4.69) is 27.2 Å². The van der Waals surface area contributed by atoms with Gasteiger partial charge in [0.2, 0.25) is 5.95 Å². The molecule has 0 spiro atoms. The van der Waals surface area contributed by atoms with Crippen molar-refractivity contribution in [3.05, 3.63) is 29.8 Å². The topological polar surface area (TPSA) is 69.2 Å². The molecule has 1 aromatic heterocycles. The molecule has 0 atom stereocenters. The van der Waals surface area contributed by atoms with Crippen LogP contribution in [0.1, 0.15) is 19.4 Å². The third kappa shape index (κ3) is 3.57. The molecule has 0 bridgehead atoms. The maximum atomic E-state index is 5.63. The molecule has 0 fully saturated rings. The second kappa shape index (κ2) is 6.70. The number of rotatable bonds is 6. The number of aromatic nitrogens is 3. The molecule has 0 amide bonds. The van der Waals surface area contributed by atoms with Crippen LogP contribution in [0.4, 0.5) is 5.95 Å². The Bertz CT molecular complexity index is 558. The first kappa shape index (κ1) is 14.0. The molecule has 0 aliphatic carbocycles. The Hall–Kier alpha value is -2.37. The van der Waals surface area contributed by atoms with E-state index < -0.39 is 0 Å². The van der Waals surface area contributed by atoms with E-state index in [1.165, 1.54) is 12.7 Å². The highest BCUT2D eigenvalue weighted by molar-refractivity contribution is 5.32. The Morgan fingerprint density at radius 2 is 1.70 bits per heavy atom. The minimum atomic E-state index is 0.206. The molecule has 0 aliphatic heterocycles. The quantitative estimate of drug-likeness (QED) is 0.873. The lowest BCUT2D eigenvalue weighted by molar-refractivity contribution is 0.360. The SMILES string of the molecule is CCNc1nc(OC)nc(Oc2ccc(CC)cc2)n1. The van der Waals surface area contributed by atoms with Gasteiger partial charge in [0, 0.05) is 6.54 Å². The minimum Gasteiger partial charge on any atom is -0.467 e. The van der Waals surface area contributed by atoms with Gasteiger partial charge in [-0.1, -0.05) is 19.1 Å². The Kier molecular flexibility index (Phi) is 4.70. The van der Waals surface area contributed by atoms with Gasteiger partial charge in [-0.15, -0.1) is 4.98 Å². The maximum absolute atomic E-state index is 5.63. The molecule has 2 aromatic rings. The first-order valence-corrected chi connectivity index (χ1v) is 6.55. The molecule has 0 unspecified atom stereocenters. The van der Waals surface area contributed by atoms with Gasteiger partial charge in [0.1, 0.15) is 5.75 Å². The van der Waals surface area contributed by atoms with Crippen LogP contribution in [0, 0.1) is 0 Å². The van der Waals surface area contributed by atoms with Crippen molar-refractivity contribution in [3.8, 4) is 17.8 Å². The van der Waals surface area contributed by atoms with Crippen molar-refractivity contribution < 1.29 is 9.47 Å². The Morgan fingerprint density at radius 1 is 1.00 bits per heavy atom. The average Bonchev–Trinajstić information content (AvgIpc) is 2.48. The summed E-state index contributed by atoms with van der Waals surface area (Å²) in [7, 11) is 1.50. The third-order valence-corrected chi connectivity index (χ3v) is 2.65. The standard InChI is InChI=1S/C14H18N4O2/c1-4-10-6-8-11(9-7-10)20-14-17-12(15-5-2)16-13(18-14)19-3/h6-9H,4-5H2,1-3H3,(H,15,16,17,18). The number of aryl methyl sites for hydroxylation is 1. The molecule has 6 heteroatoms. The maximum Gasteiger partial charge on any atom is 0.330 e. The van der Waals surface area contributed by atoms with Crippen molar-refractivity contribution in [1.82, 2.24) is 15.0 Å². The van der Waals surface area contributed by atoms with Crippen LogP contribution in [0.25, 0.3) is 0 Å². The van der Waals surface area contributed by atoms with E-state index in [1.807, 2.05) is 31.2 Å². The number of nitrogens with one attached hydrogen (secondary N) is 1. The number of hydrogen-bond donors (Lipinski definition) is 1. The van der Waals surface area contributed by atoms with Crippen LogP contribution in [0.3, 0.4) is 0 Å². The summed E-state index contributed by atoms with van der Waals surface area (Å²) in [4.78, 5) is 12.3. The van der Waals surface area contributed by atoms with Crippen molar-refractivity contribution in [3.63, 3.8) is 0 Å². The van der Waals surface area contributed by atoms with Gasteiger partial charge in [0.05, 0.1) is 7.11 Å². The van der Waals surface area contributed by atoms with E-state index in [-0.39, 0.29) is 12.0 Å². The number of benzene rings is 1. The zero-order valence-corrected chi connectivity index (χ0v) is 11.9. The summed E-state index contributed by atoms with van der Waals surface area (Å²) in [6, 6.07) is 8.23. The van der Waals surface area contributed by atoms with Crippen LogP contribution in [-0.2, 0) is 6.42 Å². The van der Waals surface area contributed by atoms with Gasteiger partial charge in [0.25, 0.3) is 0 Å². The molecule has 0 saturated carbocycles. The number of hydrogen-bond acceptors (Lipinski definition) is 6. The largest absolute Gasteiger partial charge is 0.467 e. The predicted molar refractivity (Wildman–Crippen MR) is 76.4 cm³/mol. The Morgan fingerprint density at radius 3 is 2.30 bits per heavy atom. The van der Waals surface area contributed by atoms with Crippen LogP contribution < -0.4 is 14.8 Å². The molecule has 0 saturated heterocycles.